The molecule has 0 fully saturated rings. The minimum atomic E-state index is 1.12. The smallest absolute Gasteiger partial charge is 0.0254 e. The monoisotopic (exact) mass is 434 g/mol. The fourth-order valence-corrected chi connectivity index (χ4v) is 3.02. The number of benzene rings is 3. The van der Waals surface area contributed by atoms with Crippen molar-refractivity contribution in [1.82, 2.24) is 0 Å². The number of halogens is 2. The first kappa shape index (κ1) is 13.8. The highest BCUT2D eigenvalue weighted by atomic mass is 127. The summed E-state index contributed by atoms with van der Waals surface area (Å²) in [4.78, 5) is 0. The van der Waals surface area contributed by atoms with Gasteiger partial charge in [0, 0.05) is 8.04 Å². The first-order valence-corrected chi connectivity index (χ1v) is 8.22. The Morgan fingerprint density at radius 3 is 2.00 bits per heavy atom. The van der Waals surface area contributed by atoms with Gasteiger partial charge in [0.15, 0.2) is 0 Å². The highest BCUT2D eigenvalue weighted by Gasteiger charge is 2.05. The largest absolute Gasteiger partial charge is 0.0622 e. The normalized spacial score (nSPS) is 10.5. The van der Waals surface area contributed by atoms with Gasteiger partial charge in [0.1, 0.15) is 0 Å². The Hall–Kier alpha value is -1.13. The van der Waals surface area contributed by atoms with Crippen LogP contribution in [0.3, 0.4) is 0 Å². The van der Waals surface area contributed by atoms with Crippen LogP contribution in [0.2, 0.25) is 0 Å². The molecule has 3 rings (SSSR count). The van der Waals surface area contributed by atoms with Gasteiger partial charge in [-0.05, 0) is 69.1 Å². The van der Waals surface area contributed by atoms with Crippen LogP contribution < -0.4 is 0 Å². The van der Waals surface area contributed by atoms with Crippen molar-refractivity contribution in [3.8, 4) is 22.3 Å². The summed E-state index contributed by atoms with van der Waals surface area (Å²) in [6, 6.07) is 25.6. The first-order chi connectivity index (χ1) is 9.74. The van der Waals surface area contributed by atoms with E-state index in [0.29, 0.717) is 0 Å². The lowest BCUT2D eigenvalue weighted by Gasteiger charge is -2.09. The SMILES string of the molecule is Brc1ccc(-c2ccc(I)cc2)cc1-c1ccccc1. The lowest BCUT2D eigenvalue weighted by Crippen LogP contribution is -1.83. The molecule has 0 saturated heterocycles. The van der Waals surface area contributed by atoms with Gasteiger partial charge >= 0.3 is 0 Å². The molecule has 3 aromatic carbocycles. The third-order valence-corrected chi connectivity index (χ3v) is 4.64. The summed E-state index contributed by atoms with van der Waals surface area (Å²) in [6.07, 6.45) is 0. The topological polar surface area (TPSA) is 0 Å². The Morgan fingerprint density at radius 1 is 0.650 bits per heavy atom. The molecule has 0 unspecified atom stereocenters. The third-order valence-electron chi connectivity index (χ3n) is 3.23. The van der Waals surface area contributed by atoms with Gasteiger partial charge in [0.05, 0.1) is 0 Å². The second-order valence-corrected chi connectivity index (χ2v) is 6.67. The maximum absolute atomic E-state index is 3.65. The summed E-state index contributed by atoms with van der Waals surface area (Å²) in [5.41, 5.74) is 4.94. The fourth-order valence-electron chi connectivity index (χ4n) is 2.19. The molecule has 98 valence electrons. The third kappa shape index (κ3) is 2.96. The molecule has 0 aliphatic heterocycles. The van der Waals surface area contributed by atoms with E-state index in [1.54, 1.807) is 0 Å². The van der Waals surface area contributed by atoms with E-state index in [-0.39, 0.29) is 0 Å². The van der Waals surface area contributed by atoms with Crippen LogP contribution in [-0.4, -0.2) is 0 Å². The van der Waals surface area contributed by atoms with Crippen molar-refractivity contribution in [2.75, 3.05) is 0 Å². The molecule has 20 heavy (non-hydrogen) atoms. The van der Waals surface area contributed by atoms with Crippen LogP contribution >= 0.6 is 38.5 Å². The van der Waals surface area contributed by atoms with Gasteiger partial charge in [-0.25, -0.2) is 0 Å². The van der Waals surface area contributed by atoms with Crippen LogP contribution in [0.25, 0.3) is 22.3 Å². The highest BCUT2D eigenvalue weighted by molar-refractivity contribution is 14.1. The van der Waals surface area contributed by atoms with Gasteiger partial charge in [-0.15, -0.1) is 0 Å². The van der Waals surface area contributed by atoms with E-state index in [1.165, 1.54) is 25.8 Å². The van der Waals surface area contributed by atoms with Crippen LogP contribution in [0, 0.1) is 3.57 Å². The molecule has 0 atom stereocenters. The van der Waals surface area contributed by atoms with Crippen LogP contribution in [0.4, 0.5) is 0 Å². The van der Waals surface area contributed by atoms with Crippen LogP contribution in [-0.2, 0) is 0 Å². The Kier molecular flexibility index (Phi) is 4.22. The molecule has 0 bridgehead atoms. The van der Waals surface area contributed by atoms with Crippen molar-refractivity contribution in [1.29, 1.82) is 0 Å². The summed E-state index contributed by atoms with van der Waals surface area (Å²) in [7, 11) is 0. The maximum atomic E-state index is 3.65. The second kappa shape index (κ2) is 6.10. The highest BCUT2D eigenvalue weighted by Crippen LogP contribution is 2.32. The fraction of sp³-hybridized carbons (Fsp3) is 0. The zero-order valence-electron chi connectivity index (χ0n) is 10.7. The number of rotatable bonds is 2. The molecule has 0 radical (unpaired) electrons. The van der Waals surface area contributed by atoms with Crippen molar-refractivity contribution in [3.05, 3.63) is 80.8 Å². The lowest BCUT2D eigenvalue weighted by molar-refractivity contribution is 1.55. The van der Waals surface area contributed by atoms with Gasteiger partial charge in [0.2, 0.25) is 0 Å². The van der Waals surface area contributed by atoms with Crippen LogP contribution in [0.1, 0.15) is 0 Å². The summed E-state index contributed by atoms with van der Waals surface area (Å²) in [5, 5.41) is 0. The molecule has 0 N–H and O–H groups in total. The molecule has 0 aliphatic carbocycles. The molecule has 0 nitrogen and oxygen atoms in total. The summed E-state index contributed by atoms with van der Waals surface area (Å²) in [5.74, 6) is 0. The average Bonchev–Trinajstić information content (AvgIpc) is 2.50. The van der Waals surface area contributed by atoms with E-state index in [9.17, 15) is 0 Å². The van der Waals surface area contributed by atoms with Crippen molar-refractivity contribution in [2.45, 2.75) is 0 Å². The molecular weight excluding hydrogens is 423 g/mol. The Balaban J connectivity index is 2.09. The molecule has 0 heterocycles. The molecule has 0 aliphatic rings. The standard InChI is InChI=1S/C18H12BrI/c19-18-11-8-15(13-6-9-16(20)10-7-13)12-17(18)14-4-2-1-3-5-14/h1-12H. The Labute approximate surface area is 141 Å². The van der Waals surface area contributed by atoms with Crippen LogP contribution in [0.5, 0.6) is 0 Å². The minimum Gasteiger partial charge on any atom is -0.0622 e. The van der Waals surface area contributed by atoms with E-state index in [4.69, 9.17) is 0 Å². The van der Waals surface area contributed by atoms with Crippen molar-refractivity contribution >= 4 is 38.5 Å². The van der Waals surface area contributed by atoms with E-state index < -0.39 is 0 Å². The molecule has 3 aromatic rings. The van der Waals surface area contributed by atoms with Crippen molar-refractivity contribution < 1.29 is 0 Å². The molecule has 0 spiro atoms. The van der Waals surface area contributed by atoms with E-state index in [1.807, 2.05) is 6.07 Å². The quantitative estimate of drug-likeness (QED) is 0.410. The molecular formula is C18H12BrI. The summed E-state index contributed by atoms with van der Waals surface area (Å²) in [6.45, 7) is 0. The zero-order valence-corrected chi connectivity index (χ0v) is 14.4. The van der Waals surface area contributed by atoms with Gasteiger partial charge in [-0.1, -0.05) is 64.5 Å². The van der Waals surface area contributed by atoms with E-state index in [2.05, 4.69) is 105 Å². The molecule has 0 saturated carbocycles. The van der Waals surface area contributed by atoms with E-state index in [0.717, 1.165) is 4.47 Å². The van der Waals surface area contributed by atoms with Gasteiger partial charge in [0.25, 0.3) is 0 Å². The Bertz CT molecular complexity index is 718. The predicted octanol–water partition coefficient (Wildman–Crippen LogP) is 6.39. The maximum Gasteiger partial charge on any atom is 0.0254 e. The minimum absolute atomic E-state index is 1.12. The van der Waals surface area contributed by atoms with Crippen LogP contribution in [0.15, 0.2) is 77.3 Å². The Morgan fingerprint density at radius 2 is 1.30 bits per heavy atom. The van der Waals surface area contributed by atoms with Gasteiger partial charge < -0.3 is 0 Å². The van der Waals surface area contributed by atoms with E-state index >= 15 is 0 Å². The first-order valence-electron chi connectivity index (χ1n) is 6.35. The molecule has 0 aromatic heterocycles. The summed E-state index contributed by atoms with van der Waals surface area (Å²) >= 11 is 5.98. The molecule has 2 heteroatoms. The van der Waals surface area contributed by atoms with Crippen molar-refractivity contribution in [2.24, 2.45) is 0 Å². The number of hydrogen-bond donors (Lipinski definition) is 0. The zero-order chi connectivity index (χ0) is 13.9. The van der Waals surface area contributed by atoms with Crippen molar-refractivity contribution in [3.63, 3.8) is 0 Å². The predicted molar refractivity (Wildman–Crippen MR) is 97.7 cm³/mol. The average molecular weight is 435 g/mol. The number of hydrogen-bond acceptors (Lipinski definition) is 0. The van der Waals surface area contributed by atoms with Gasteiger partial charge in [-0.3, -0.25) is 0 Å². The van der Waals surface area contributed by atoms with Gasteiger partial charge in [-0.2, -0.15) is 0 Å². The lowest BCUT2D eigenvalue weighted by atomic mass is 9.99. The molecule has 0 amide bonds. The summed E-state index contributed by atoms with van der Waals surface area (Å²) < 4.78 is 2.38. The second-order valence-electron chi connectivity index (χ2n) is 4.57.